The van der Waals surface area contributed by atoms with E-state index in [4.69, 9.17) is 11.6 Å². The van der Waals surface area contributed by atoms with Crippen LogP contribution in [-0.4, -0.2) is 31.2 Å². The van der Waals surface area contributed by atoms with E-state index in [-0.39, 0.29) is 17.3 Å². The van der Waals surface area contributed by atoms with Gasteiger partial charge in [-0.05, 0) is 38.1 Å². The van der Waals surface area contributed by atoms with Crippen molar-refractivity contribution in [2.75, 3.05) is 11.1 Å². The Bertz CT molecular complexity index is 930. The van der Waals surface area contributed by atoms with Crippen molar-refractivity contribution in [3.63, 3.8) is 0 Å². The van der Waals surface area contributed by atoms with Crippen LogP contribution in [0.3, 0.4) is 0 Å². The summed E-state index contributed by atoms with van der Waals surface area (Å²) in [5, 5.41) is 7.55. The molecule has 0 atom stereocenters. The normalized spacial score (nSPS) is 11.0. The number of nitrogens with zero attached hydrogens (tertiary/aromatic N) is 4. The lowest BCUT2D eigenvalue weighted by Crippen LogP contribution is -2.15. The number of hydrogen-bond acceptors (Lipinski definition) is 5. The third kappa shape index (κ3) is 3.65. The van der Waals surface area contributed by atoms with Crippen molar-refractivity contribution in [3.05, 3.63) is 46.5 Å². The van der Waals surface area contributed by atoms with Crippen molar-refractivity contribution in [2.24, 2.45) is 0 Å². The zero-order valence-corrected chi connectivity index (χ0v) is 14.5. The third-order valence-corrected chi connectivity index (χ3v) is 4.21. The largest absolute Gasteiger partial charge is 0.323 e. The predicted octanol–water partition coefficient (Wildman–Crippen LogP) is 3.26. The molecule has 0 saturated heterocycles. The van der Waals surface area contributed by atoms with Crippen molar-refractivity contribution < 1.29 is 9.18 Å². The highest BCUT2D eigenvalue weighted by Crippen LogP contribution is 2.21. The molecule has 0 bridgehead atoms. The van der Waals surface area contributed by atoms with Crippen LogP contribution < -0.4 is 5.32 Å². The van der Waals surface area contributed by atoms with E-state index in [2.05, 4.69) is 20.4 Å². The zero-order chi connectivity index (χ0) is 17.3. The lowest BCUT2D eigenvalue weighted by atomic mass is 10.3. The number of anilines is 1. The third-order valence-electron chi connectivity index (χ3n) is 3.13. The standard InChI is InChI=1S/C15H13ClFN5OS/c1-8-5-9(2)22-14(18-8)20-15(21-22)24-7-13(23)19-12-6-10(16)3-4-11(12)17/h3-6H,7H2,1-2H3,(H,19,23). The molecular weight excluding hydrogens is 353 g/mol. The summed E-state index contributed by atoms with van der Waals surface area (Å²) >= 11 is 6.94. The van der Waals surface area contributed by atoms with Crippen LogP contribution in [0.4, 0.5) is 10.1 Å². The summed E-state index contributed by atoms with van der Waals surface area (Å²) in [5.41, 5.74) is 1.80. The maximum atomic E-state index is 13.6. The molecule has 0 aliphatic rings. The van der Waals surface area contributed by atoms with Crippen LogP contribution in [0.25, 0.3) is 5.78 Å². The van der Waals surface area contributed by atoms with E-state index in [1.807, 2.05) is 19.9 Å². The molecule has 3 aromatic rings. The van der Waals surface area contributed by atoms with Gasteiger partial charge in [0.25, 0.3) is 5.78 Å². The second-order valence-corrected chi connectivity index (χ2v) is 6.49. The molecule has 0 saturated carbocycles. The molecule has 1 aromatic carbocycles. The average molecular weight is 366 g/mol. The quantitative estimate of drug-likeness (QED) is 0.718. The zero-order valence-electron chi connectivity index (χ0n) is 12.9. The molecule has 6 nitrogen and oxygen atoms in total. The number of benzene rings is 1. The number of rotatable bonds is 4. The van der Waals surface area contributed by atoms with Gasteiger partial charge in [0.05, 0.1) is 11.4 Å². The fraction of sp³-hybridized carbons (Fsp3) is 0.200. The molecule has 124 valence electrons. The number of halogens is 2. The Hall–Kier alpha value is -2.19. The molecule has 2 aromatic heterocycles. The fourth-order valence-electron chi connectivity index (χ4n) is 2.12. The molecule has 9 heteroatoms. The summed E-state index contributed by atoms with van der Waals surface area (Å²) in [6.07, 6.45) is 0. The number of aryl methyl sites for hydroxylation is 2. The van der Waals surface area contributed by atoms with Crippen LogP contribution in [0.15, 0.2) is 29.4 Å². The number of fused-ring (bicyclic) bond motifs is 1. The van der Waals surface area contributed by atoms with Gasteiger partial charge in [-0.1, -0.05) is 23.4 Å². The lowest BCUT2D eigenvalue weighted by Gasteiger charge is -2.05. The highest BCUT2D eigenvalue weighted by atomic mass is 35.5. The summed E-state index contributed by atoms with van der Waals surface area (Å²) in [4.78, 5) is 20.5. The second kappa shape index (κ2) is 6.74. The maximum absolute atomic E-state index is 13.6. The predicted molar refractivity (Wildman–Crippen MR) is 91.0 cm³/mol. The van der Waals surface area contributed by atoms with E-state index in [9.17, 15) is 9.18 Å². The van der Waals surface area contributed by atoms with Gasteiger partial charge in [-0.3, -0.25) is 4.79 Å². The van der Waals surface area contributed by atoms with Crippen molar-refractivity contribution in [1.29, 1.82) is 0 Å². The van der Waals surface area contributed by atoms with E-state index < -0.39 is 5.82 Å². The minimum atomic E-state index is -0.543. The van der Waals surface area contributed by atoms with Gasteiger partial charge in [0, 0.05) is 16.4 Å². The van der Waals surface area contributed by atoms with Gasteiger partial charge in [-0.2, -0.15) is 4.98 Å². The summed E-state index contributed by atoms with van der Waals surface area (Å²) < 4.78 is 15.2. The van der Waals surface area contributed by atoms with Crippen LogP contribution in [0.1, 0.15) is 11.4 Å². The summed E-state index contributed by atoms with van der Waals surface area (Å²) in [7, 11) is 0. The molecule has 2 heterocycles. The Labute approximate surface area is 146 Å². The molecular formula is C15H13ClFN5OS. The molecule has 0 unspecified atom stereocenters. The number of thioether (sulfide) groups is 1. The Morgan fingerprint density at radius 3 is 2.92 bits per heavy atom. The van der Waals surface area contributed by atoms with Gasteiger partial charge in [0.1, 0.15) is 5.82 Å². The minimum Gasteiger partial charge on any atom is -0.323 e. The van der Waals surface area contributed by atoms with Gasteiger partial charge in [0.2, 0.25) is 11.1 Å². The molecule has 0 spiro atoms. The first kappa shape index (κ1) is 16.7. The summed E-state index contributed by atoms with van der Waals surface area (Å²) in [6.45, 7) is 3.78. The van der Waals surface area contributed by atoms with Crippen LogP contribution in [0, 0.1) is 19.7 Å². The first-order valence-electron chi connectivity index (χ1n) is 7.01. The Morgan fingerprint density at radius 2 is 2.12 bits per heavy atom. The molecule has 1 N–H and O–H groups in total. The van der Waals surface area contributed by atoms with E-state index in [0.29, 0.717) is 16.0 Å². The molecule has 0 radical (unpaired) electrons. The van der Waals surface area contributed by atoms with Crippen LogP contribution in [0.2, 0.25) is 5.02 Å². The van der Waals surface area contributed by atoms with E-state index >= 15 is 0 Å². The van der Waals surface area contributed by atoms with Crippen LogP contribution >= 0.6 is 23.4 Å². The highest BCUT2D eigenvalue weighted by Gasteiger charge is 2.12. The summed E-state index contributed by atoms with van der Waals surface area (Å²) in [6, 6.07) is 5.87. The monoisotopic (exact) mass is 365 g/mol. The van der Waals surface area contributed by atoms with Crippen LogP contribution in [0.5, 0.6) is 0 Å². The Morgan fingerprint density at radius 1 is 1.33 bits per heavy atom. The number of hydrogen-bond donors (Lipinski definition) is 1. The van der Waals surface area contributed by atoms with Crippen molar-refractivity contribution in [3.8, 4) is 0 Å². The maximum Gasteiger partial charge on any atom is 0.253 e. The molecule has 24 heavy (non-hydrogen) atoms. The smallest absolute Gasteiger partial charge is 0.253 e. The Balaban J connectivity index is 1.68. The fourth-order valence-corrected chi connectivity index (χ4v) is 2.91. The highest BCUT2D eigenvalue weighted by molar-refractivity contribution is 7.99. The molecule has 1 amide bonds. The Kier molecular flexibility index (Phi) is 4.68. The van der Waals surface area contributed by atoms with Crippen molar-refractivity contribution >= 4 is 40.7 Å². The van der Waals surface area contributed by atoms with E-state index in [1.54, 1.807) is 4.52 Å². The van der Waals surface area contributed by atoms with Gasteiger partial charge >= 0.3 is 0 Å². The van der Waals surface area contributed by atoms with Crippen molar-refractivity contribution in [2.45, 2.75) is 19.0 Å². The molecule has 0 aliphatic heterocycles. The first-order valence-corrected chi connectivity index (χ1v) is 8.37. The van der Waals surface area contributed by atoms with Gasteiger partial charge in [-0.15, -0.1) is 5.10 Å². The van der Waals surface area contributed by atoms with Gasteiger partial charge < -0.3 is 5.32 Å². The second-order valence-electron chi connectivity index (χ2n) is 5.11. The molecule has 3 rings (SSSR count). The SMILES string of the molecule is Cc1cc(C)n2nc(SCC(=O)Nc3cc(Cl)ccc3F)nc2n1. The van der Waals surface area contributed by atoms with E-state index in [1.165, 1.54) is 18.2 Å². The molecule has 0 fully saturated rings. The number of amides is 1. The first-order chi connectivity index (χ1) is 11.4. The van der Waals surface area contributed by atoms with Crippen molar-refractivity contribution in [1.82, 2.24) is 19.6 Å². The van der Waals surface area contributed by atoms with E-state index in [0.717, 1.165) is 23.1 Å². The number of carbonyl (C=O) groups is 1. The number of nitrogens with one attached hydrogen (secondary N) is 1. The summed E-state index contributed by atoms with van der Waals surface area (Å²) in [5.74, 6) is -0.392. The number of aromatic nitrogens is 4. The lowest BCUT2D eigenvalue weighted by molar-refractivity contribution is -0.113. The topological polar surface area (TPSA) is 72.2 Å². The average Bonchev–Trinajstić information content (AvgIpc) is 2.92. The van der Waals surface area contributed by atoms with Gasteiger partial charge in [0.15, 0.2) is 0 Å². The molecule has 0 aliphatic carbocycles. The minimum absolute atomic E-state index is 0.0425. The van der Waals surface area contributed by atoms with Gasteiger partial charge in [-0.25, -0.2) is 13.9 Å². The van der Waals surface area contributed by atoms with Crippen LogP contribution in [-0.2, 0) is 4.79 Å². The number of carbonyl (C=O) groups excluding carboxylic acids is 1.